The van der Waals surface area contributed by atoms with Gasteiger partial charge in [-0.3, -0.25) is 29.8 Å². The quantitative estimate of drug-likeness (QED) is 0.247. The van der Waals surface area contributed by atoms with Crippen molar-refractivity contribution in [3.63, 3.8) is 0 Å². The van der Waals surface area contributed by atoms with Crippen LogP contribution in [-0.2, 0) is 28.7 Å². The molecule has 0 aliphatic carbocycles. The van der Waals surface area contributed by atoms with E-state index in [4.69, 9.17) is 10.2 Å². The minimum absolute atomic E-state index is 0.332. The van der Waals surface area contributed by atoms with Crippen molar-refractivity contribution in [3.8, 4) is 0 Å². The molecule has 10 nitrogen and oxygen atoms in total. The lowest BCUT2D eigenvalue weighted by molar-refractivity contribution is -0.165. The highest BCUT2D eigenvalue weighted by molar-refractivity contribution is 5.75. The number of hydrogen-bond acceptors (Lipinski definition) is 8. The summed E-state index contributed by atoms with van der Waals surface area (Å²) in [6, 6.07) is 0. The summed E-state index contributed by atoms with van der Waals surface area (Å²) in [6.07, 6.45) is 0. The summed E-state index contributed by atoms with van der Waals surface area (Å²) in [5, 5.41) is 21.1. The summed E-state index contributed by atoms with van der Waals surface area (Å²) in [7, 11) is 0. The molecule has 0 saturated carbocycles. The second-order valence-electron chi connectivity index (χ2n) is 3.15. The summed E-state index contributed by atoms with van der Waals surface area (Å²) < 4.78 is 8.88. The maximum Gasteiger partial charge on any atom is 0.322 e. The van der Waals surface area contributed by atoms with Gasteiger partial charge in [-0.15, -0.1) is 0 Å². The number of carboxylic acid groups (broad SMARTS) is 2. The number of carboxylic acids is 2. The van der Waals surface area contributed by atoms with E-state index in [0.717, 1.165) is 0 Å². The van der Waals surface area contributed by atoms with Gasteiger partial charge in [0.25, 0.3) is 0 Å². The maximum absolute atomic E-state index is 10.9. The molecule has 0 heterocycles. The molecule has 4 N–H and O–H groups in total. The lowest BCUT2D eigenvalue weighted by atomic mass is 10.6. The van der Waals surface area contributed by atoms with Gasteiger partial charge in [0.2, 0.25) is 6.79 Å². The van der Waals surface area contributed by atoms with E-state index >= 15 is 0 Å². The Bertz CT molecular complexity index is 311. The maximum atomic E-state index is 10.9. The van der Waals surface area contributed by atoms with E-state index in [1.54, 1.807) is 0 Å². The molecule has 10 heteroatoms. The monoisotopic (exact) mass is 278 g/mol. The number of nitrogens with one attached hydrogen (secondary N) is 2. The van der Waals surface area contributed by atoms with Gasteiger partial charge >= 0.3 is 23.9 Å². The molecule has 0 aromatic rings. The third-order valence-electron chi connectivity index (χ3n) is 1.53. The molecule has 0 amide bonds. The molecule has 108 valence electrons. The average Bonchev–Trinajstić information content (AvgIpc) is 2.27. The number of carbonyl (C=O) groups is 4. The Morgan fingerprint density at radius 2 is 1.11 bits per heavy atom. The standard InChI is InChI=1S/C9H14N2O8/c12-6(13)1-10-3-8(16)18-5-19-9(17)4-11-2-7(14)15/h10-11H,1-5H2,(H,12,13)(H,14,15). The Labute approximate surface area is 107 Å². The van der Waals surface area contributed by atoms with Crippen molar-refractivity contribution in [1.29, 1.82) is 0 Å². The Kier molecular flexibility index (Phi) is 8.66. The van der Waals surface area contributed by atoms with Crippen LogP contribution in [0.3, 0.4) is 0 Å². The summed E-state index contributed by atoms with van der Waals surface area (Å²) in [4.78, 5) is 42.1. The van der Waals surface area contributed by atoms with Crippen molar-refractivity contribution >= 4 is 23.9 Å². The second-order valence-corrected chi connectivity index (χ2v) is 3.15. The van der Waals surface area contributed by atoms with Crippen LogP contribution in [0.4, 0.5) is 0 Å². The predicted molar refractivity (Wildman–Crippen MR) is 58.1 cm³/mol. The predicted octanol–water partition coefficient (Wildman–Crippen LogP) is -2.62. The first kappa shape index (κ1) is 16.8. The lowest BCUT2D eigenvalue weighted by Gasteiger charge is -2.06. The van der Waals surface area contributed by atoms with Crippen LogP contribution < -0.4 is 10.6 Å². The SMILES string of the molecule is O=C(O)CNCC(=O)OCOC(=O)CNCC(=O)O. The largest absolute Gasteiger partial charge is 0.480 e. The zero-order valence-corrected chi connectivity index (χ0v) is 9.88. The molecule has 0 spiro atoms. The van der Waals surface area contributed by atoms with E-state index in [1.807, 2.05) is 0 Å². The summed E-state index contributed by atoms with van der Waals surface area (Å²) in [5.41, 5.74) is 0. The third kappa shape index (κ3) is 12.1. The van der Waals surface area contributed by atoms with Crippen LogP contribution in [0.2, 0.25) is 0 Å². The van der Waals surface area contributed by atoms with E-state index in [0.29, 0.717) is 0 Å². The molecule has 0 aliphatic heterocycles. The van der Waals surface area contributed by atoms with Gasteiger partial charge in [-0.1, -0.05) is 0 Å². The molecule has 0 radical (unpaired) electrons. The molecule has 0 unspecified atom stereocenters. The topological polar surface area (TPSA) is 151 Å². The number of esters is 2. The first-order valence-corrected chi connectivity index (χ1v) is 5.08. The second kappa shape index (κ2) is 9.79. The van der Waals surface area contributed by atoms with Gasteiger partial charge in [0.05, 0.1) is 26.2 Å². The molecule has 0 bridgehead atoms. The Morgan fingerprint density at radius 1 is 0.737 bits per heavy atom. The molecule has 0 saturated heterocycles. The summed E-state index contributed by atoms with van der Waals surface area (Å²) in [6.45, 7) is -2.08. The molecular weight excluding hydrogens is 264 g/mol. The van der Waals surface area contributed by atoms with E-state index in [2.05, 4.69) is 20.1 Å². The highest BCUT2D eigenvalue weighted by Gasteiger charge is 2.07. The lowest BCUT2D eigenvalue weighted by Crippen LogP contribution is -2.32. The minimum Gasteiger partial charge on any atom is -0.480 e. The van der Waals surface area contributed by atoms with Gasteiger partial charge < -0.3 is 19.7 Å². The summed E-state index contributed by atoms with van der Waals surface area (Å²) >= 11 is 0. The van der Waals surface area contributed by atoms with Crippen LogP contribution in [0.1, 0.15) is 0 Å². The number of rotatable bonds is 10. The van der Waals surface area contributed by atoms with E-state index in [9.17, 15) is 19.2 Å². The molecule has 0 aliphatic rings. The number of ether oxygens (including phenoxy) is 2. The first-order chi connectivity index (χ1) is 8.91. The van der Waals surface area contributed by atoms with Crippen LogP contribution in [-0.4, -0.2) is 67.1 Å². The zero-order chi connectivity index (χ0) is 14.7. The molecule has 19 heavy (non-hydrogen) atoms. The molecule has 0 rings (SSSR count). The highest BCUT2D eigenvalue weighted by atomic mass is 16.7. The van der Waals surface area contributed by atoms with Gasteiger partial charge in [0.1, 0.15) is 0 Å². The van der Waals surface area contributed by atoms with Crippen LogP contribution in [0, 0.1) is 0 Å². The van der Waals surface area contributed by atoms with Gasteiger partial charge in [-0.25, -0.2) is 0 Å². The van der Waals surface area contributed by atoms with Crippen molar-refractivity contribution in [3.05, 3.63) is 0 Å². The van der Waals surface area contributed by atoms with Crippen molar-refractivity contribution in [2.24, 2.45) is 0 Å². The van der Waals surface area contributed by atoms with Crippen molar-refractivity contribution in [1.82, 2.24) is 10.6 Å². The van der Waals surface area contributed by atoms with E-state index in [1.165, 1.54) is 0 Å². The molecular formula is C9H14N2O8. The zero-order valence-electron chi connectivity index (χ0n) is 9.88. The fourth-order valence-corrected chi connectivity index (χ4v) is 0.806. The number of aliphatic carboxylic acids is 2. The van der Waals surface area contributed by atoms with Gasteiger partial charge in [0.15, 0.2) is 0 Å². The number of hydrogen-bond donors (Lipinski definition) is 4. The van der Waals surface area contributed by atoms with Crippen LogP contribution in [0.15, 0.2) is 0 Å². The average molecular weight is 278 g/mol. The fourth-order valence-electron chi connectivity index (χ4n) is 0.806. The smallest absolute Gasteiger partial charge is 0.322 e. The van der Waals surface area contributed by atoms with E-state index < -0.39 is 43.8 Å². The highest BCUT2D eigenvalue weighted by Crippen LogP contribution is 1.82. The van der Waals surface area contributed by atoms with E-state index in [-0.39, 0.29) is 13.1 Å². The third-order valence-corrected chi connectivity index (χ3v) is 1.53. The Balaban J connectivity index is 3.50. The normalized spacial score (nSPS) is 9.68. The van der Waals surface area contributed by atoms with Crippen molar-refractivity contribution in [2.75, 3.05) is 33.0 Å². The molecule has 0 aromatic heterocycles. The molecule has 0 atom stereocenters. The Hall–Kier alpha value is -2.20. The van der Waals surface area contributed by atoms with Crippen molar-refractivity contribution in [2.45, 2.75) is 0 Å². The fraction of sp³-hybridized carbons (Fsp3) is 0.556. The van der Waals surface area contributed by atoms with Crippen LogP contribution in [0.5, 0.6) is 0 Å². The summed E-state index contributed by atoms with van der Waals surface area (Å²) in [5.74, 6) is -3.81. The van der Waals surface area contributed by atoms with Crippen LogP contribution in [0.25, 0.3) is 0 Å². The molecule has 0 fully saturated rings. The van der Waals surface area contributed by atoms with Gasteiger partial charge in [0, 0.05) is 0 Å². The molecule has 0 aromatic carbocycles. The van der Waals surface area contributed by atoms with Gasteiger partial charge in [-0.05, 0) is 0 Å². The van der Waals surface area contributed by atoms with Crippen molar-refractivity contribution < 1.29 is 38.9 Å². The van der Waals surface area contributed by atoms with Crippen LogP contribution >= 0.6 is 0 Å². The number of carbonyl (C=O) groups excluding carboxylic acids is 2. The Morgan fingerprint density at radius 3 is 1.42 bits per heavy atom. The minimum atomic E-state index is -1.12. The van der Waals surface area contributed by atoms with Gasteiger partial charge in [-0.2, -0.15) is 0 Å². The first-order valence-electron chi connectivity index (χ1n) is 5.08.